The third kappa shape index (κ3) is 2.68. The third-order valence-electron chi connectivity index (χ3n) is 3.32. The largest absolute Gasteiger partial charge is 0.374 e. The highest BCUT2D eigenvalue weighted by atomic mass is 16.5. The summed E-state index contributed by atoms with van der Waals surface area (Å²) in [5, 5.41) is 3.58. The van der Waals surface area contributed by atoms with E-state index < -0.39 is 0 Å². The van der Waals surface area contributed by atoms with E-state index in [-0.39, 0.29) is 0 Å². The lowest BCUT2D eigenvalue weighted by Gasteiger charge is -2.16. The standard InChI is InChI=1S/C11H21NO/c1-8-3-6-11(13-8)7-12-9(2)10-4-5-10/h8-12H,3-7H2,1-2H3. The highest BCUT2D eigenvalue weighted by Crippen LogP contribution is 2.32. The van der Waals surface area contributed by atoms with Crippen molar-refractivity contribution < 1.29 is 4.74 Å². The van der Waals surface area contributed by atoms with Crippen molar-refractivity contribution >= 4 is 0 Å². The Morgan fingerprint density at radius 1 is 1.31 bits per heavy atom. The monoisotopic (exact) mass is 183 g/mol. The van der Waals surface area contributed by atoms with Gasteiger partial charge in [-0.3, -0.25) is 0 Å². The number of rotatable bonds is 4. The van der Waals surface area contributed by atoms with Gasteiger partial charge in [0.1, 0.15) is 0 Å². The lowest BCUT2D eigenvalue weighted by Crippen LogP contribution is -2.35. The molecule has 1 saturated carbocycles. The van der Waals surface area contributed by atoms with E-state index >= 15 is 0 Å². The van der Waals surface area contributed by atoms with Gasteiger partial charge < -0.3 is 10.1 Å². The first kappa shape index (κ1) is 9.47. The third-order valence-corrected chi connectivity index (χ3v) is 3.32. The van der Waals surface area contributed by atoms with Gasteiger partial charge in [-0.2, -0.15) is 0 Å². The average molecular weight is 183 g/mol. The summed E-state index contributed by atoms with van der Waals surface area (Å²) in [6.07, 6.45) is 6.31. The van der Waals surface area contributed by atoms with Crippen LogP contribution in [0.25, 0.3) is 0 Å². The summed E-state index contributed by atoms with van der Waals surface area (Å²) in [4.78, 5) is 0. The van der Waals surface area contributed by atoms with E-state index in [0.717, 1.165) is 12.5 Å². The van der Waals surface area contributed by atoms with Crippen molar-refractivity contribution in [1.82, 2.24) is 5.32 Å². The highest BCUT2D eigenvalue weighted by molar-refractivity contribution is 4.84. The van der Waals surface area contributed by atoms with Crippen molar-refractivity contribution in [3.05, 3.63) is 0 Å². The second-order valence-electron chi connectivity index (χ2n) is 4.68. The Bertz CT molecular complexity index is 167. The zero-order valence-electron chi connectivity index (χ0n) is 8.75. The molecule has 0 radical (unpaired) electrons. The van der Waals surface area contributed by atoms with Gasteiger partial charge in [0.25, 0.3) is 0 Å². The van der Waals surface area contributed by atoms with Crippen LogP contribution in [0.15, 0.2) is 0 Å². The molecular formula is C11H21NO. The second kappa shape index (κ2) is 3.97. The molecule has 1 saturated heterocycles. The first-order chi connectivity index (χ1) is 6.25. The number of ether oxygens (including phenoxy) is 1. The van der Waals surface area contributed by atoms with Crippen LogP contribution in [0.5, 0.6) is 0 Å². The summed E-state index contributed by atoms with van der Waals surface area (Å²) in [6, 6.07) is 0.708. The summed E-state index contributed by atoms with van der Waals surface area (Å²) in [7, 11) is 0. The van der Waals surface area contributed by atoms with Crippen LogP contribution >= 0.6 is 0 Å². The van der Waals surface area contributed by atoms with E-state index in [1.807, 2.05) is 0 Å². The van der Waals surface area contributed by atoms with Crippen molar-refractivity contribution in [3.8, 4) is 0 Å². The van der Waals surface area contributed by atoms with E-state index in [9.17, 15) is 0 Å². The lowest BCUT2D eigenvalue weighted by atomic mass is 10.2. The smallest absolute Gasteiger partial charge is 0.0704 e. The molecule has 3 atom stereocenters. The van der Waals surface area contributed by atoms with E-state index in [4.69, 9.17) is 4.74 Å². The maximum Gasteiger partial charge on any atom is 0.0704 e. The fourth-order valence-electron chi connectivity index (χ4n) is 2.12. The molecule has 2 heteroatoms. The van der Waals surface area contributed by atoms with Gasteiger partial charge in [-0.1, -0.05) is 0 Å². The van der Waals surface area contributed by atoms with E-state index in [0.29, 0.717) is 18.2 Å². The van der Waals surface area contributed by atoms with Crippen molar-refractivity contribution in [1.29, 1.82) is 0 Å². The van der Waals surface area contributed by atoms with Crippen molar-refractivity contribution in [2.45, 2.75) is 57.8 Å². The summed E-state index contributed by atoms with van der Waals surface area (Å²) < 4.78 is 5.75. The maximum atomic E-state index is 5.75. The Hall–Kier alpha value is -0.0800. The van der Waals surface area contributed by atoms with Gasteiger partial charge in [-0.15, -0.1) is 0 Å². The molecule has 2 fully saturated rings. The van der Waals surface area contributed by atoms with Crippen LogP contribution < -0.4 is 5.32 Å². The highest BCUT2D eigenvalue weighted by Gasteiger charge is 2.29. The molecule has 1 N–H and O–H groups in total. The predicted molar refractivity (Wildman–Crippen MR) is 53.8 cm³/mol. The van der Waals surface area contributed by atoms with Crippen LogP contribution in [0.4, 0.5) is 0 Å². The molecule has 2 aliphatic rings. The molecule has 0 aromatic carbocycles. The van der Waals surface area contributed by atoms with Crippen molar-refractivity contribution in [2.75, 3.05) is 6.54 Å². The Morgan fingerprint density at radius 3 is 2.62 bits per heavy atom. The lowest BCUT2D eigenvalue weighted by molar-refractivity contribution is 0.0542. The molecule has 1 aliphatic carbocycles. The van der Waals surface area contributed by atoms with Crippen molar-refractivity contribution in [3.63, 3.8) is 0 Å². The number of hydrogen-bond acceptors (Lipinski definition) is 2. The molecule has 1 aliphatic heterocycles. The summed E-state index contributed by atoms with van der Waals surface area (Å²) in [6.45, 7) is 5.53. The minimum atomic E-state index is 0.483. The first-order valence-corrected chi connectivity index (χ1v) is 5.64. The van der Waals surface area contributed by atoms with E-state index in [2.05, 4.69) is 19.2 Å². The van der Waals surface area contributed by atoms with Crippen molar-refractivity contribution in [2.24, 2.45) is 5.92 Å². The van der Waals surface area contributed by atoms with E-state index in [1.165, 1.54) is 25.7 Å². The second-order valence-corrected chi connectivity index (χ2v) is 4.68. The van der Waals surface area contributed by atoms with Crippen LogP contribution in [-0.2, 0) is 4.74 Å². The quantitative estimate of drug-likeness (QED) is 0.719. The molecule has 0 amide bonds. The van der Waals surface area contributed by atoms with Gasteiger partial charge in [0.15, 0.2) is 0 Å². The van der Waals surface area contributed by atoms with Gasteiger partial charge in [0.05, 0.1) is 12.2 Å². The Balaban J connectivity index is 1.61. The summed E-state index contributed by atoms with van der Waals surface area (Å²) >= 11 is 0. The van der Waals surface area contributed by atoms with Crippen LogP contribution in [0.1, 0.15) is 39.5 Å². The molecule has 13 heavy (non-hydrogen) atoms. The minimum absolute atomic E-state index is 0.483. The van der Waals surface area contributed by atoms with Gasteiger partial charge in [-0.05, 0) is 45.4 Å². The molecule has 0 bridgehead atoms. The SMILES string of the molecule is CC1CCC(CNC(C)C2CC2)O1. The Morgan fingerprint density at radius 2 is 2.08 bits per heavy atom. The van der Waals surface area contributed by atoms with Gasteiger partial charge in [0.2, 0.25) is 0 Å². The Labute approximate surface area is 81.0 Å². The molecule has 3 unspecified atom stereocenters. The molecule has 0 aromatic rings. The molecular weight excluding hydrogens is 162 g/mol. The van der Waals surface area contributed by atoms with Crippen LogP contribution in [0.3, 0.4) is 0 Å². The van der Waals surface area contributed by atoms with Crippen LogP contribution in [0, 0.1) is 5.92 Å². The topological polar surface area (TPSA) is 21.3 Å². The molecule has 2 rings (SSSR count). The van der Waals surface area contributed by atoms with E-state index in [1.54, 1.807) is 0 Å². The molecule has 2 nitrogen and oxygen atoms in total. The predicted octanol–water partition coefficient (Wildman–Crippen LogP) is 1.94. The van der Waals surface area contributed by atoms with Gasteiger partial charge in [0, 0.05) is 12.6 Å². The minimum Gasteiger partial charge on any atom is -0.374 e. The fourth-order valence-corrected chi connectivity index (χ4v) is 2.12. The summed E-state index contributed by atoms with van der Waals surface area (Å²) in [5.41, 5.74) is 0. The molecule has 0 spiro atoms. The first-order valence-electron chi connectivity index (χ1n) is 5.64. The van der Waals surface area contributed by atoms with Gasteiger partial charge >= 0.3 is 0 Å². The normalized spacial score (nSPS) is 36.5. The Kier molecular flexibility index (Phi) is 2.89. The maximum absolute atomic E-state index is 5.75. The fraction of sp³-hybridized carbons (Fsp3) is 1.00. The molecule has 76 valence electrons. The van der Waals surface area contributed by atoms with Crippen LogP contribution in [0.2, 0.25) is 0 Å². The zero-order chi connectivity index (χ0) is 9.26. The molecule has 0 aromatic heterocycles. The molecule has 1 heterocycles. The average Bonchev–Trinajstić information content (AvgIpc) is 2.87. The van der Waals surface area contributed by atoms with Gasteiger partial charge in [-0.25, -0.2) is 0 Å². The number of nitrogens with one attached hydrogen (secondary N) is 1. The van der Waals surface area contributed by atoms with Crippen LogP contribution in [-0.4, -0.2) is 24.8 Å². The number of hydrogen-bond donors (Lipinski definition) is 1. The zero-order valence-corrected chi connectivity index (χ0v) is 8.75. The summed E-state index contributed by atoms with van der Waals surface area (Å²) in [5.74, 6) is 0.957.